The molecule has 1 atom stereocenters. The normalized spacial score (nSPS) is 13.0. The Balaban J connectivity index is 4.17. The van der Waals surface area contributed by atoms with Crippen LogP contribution in [0.1, 0.15) is 39.5 Å². The van der Waals surface area contributed by atoms with E-state index in [9.17, 15) is 4.79 Å². The van der Waals surface area contributed by atoms with Crippen LogP contribution >= 0.6 is 0 Å². The van der Waals surface area contributed by atoms with Gasteiger partial charge < -0.3 is 10.6 Å². The lowest BCUT2D eigenvalue weighted by Gasteiger charge is -2.08. The predicted molar refractivity (Wildman–Crippen MR) is 56.6 cm³/mol. The Labute approximate surface area is 89.9 Å². The summed E-state index contributed by atoms with van der Waals surface area (Å²) in [4.78, 5) is 16.0. The summed E-state index contributed by atoms with van der Waals surface area (Å²) in [6, 6.07) is 1.96. The van der Waals surface area contributed by atoms with E-state index in [0.717, 1.165) is 12.8 Å². The van der Waals surface area contributed by atoms with E-state index in [1.54, 1.807) is 0 Å². The number of nitrogens with two attached hydrogens (primary N) is 1. The van der Waals surface area contributed by atoms with Crippen molar-refractivity contribution in [3.63, 3.8) is 0 Å². The zero-order valence-electron chi connectivity index (χ0n) is 9.19. The average molecular weight is 211 g/mol. The molecular weight excluding hydrogens is 194 g/mol. The summed E-state index contributed by atoms with van der Waals surface area (Å²) in [5.41, 5.74) is 5.22. The lowest BCUT2D eigenvalue weighted by Crippen LogP contribution is -2.17. The number of nitrogens with zero attached hydrogens (tertiary/aromatic N) is 2. The Morgan fingerprint density at radius 2 is 2.33 bits per heavy atom. The van der Waals surface area contributed by atoms with E-state index in [1.807, 2.05) is 13.0 Å². The number of carbonyl (C=O) groups excluding carboxylic acids is 1. The lowest BCUT2D eigenvalue weighted by molar-refractivity contribution is -0.148. The molecule has 0 saturated heterocycles. The van der Waals surface area contributed by atoms with Crippen molar-refractivity contribution in [2.75, 3.05) is 0 Å². The smallest absolute Gasteiger partial charge is 0.339 e. The Kier molecular flexibility index (Phi) is 6.98. The number of nitriles is 1. The molecule has 0 aromatic heterocycles. The third kappa shape index (κ3) is 6.49. The van der Waals surface area contributed by atoms with Gasteiger partial charge in [-0.05, 0) is 13.3 Å². The van der Waals surface area contributed by atoms with Gasteiger partial charge in [0, 0.05) is 6.42 Å². The summed E-state index contributed by atoms with van der Waals surface area (Å²) in [6.07, 6.45) is 2.70. The molecule has 0 aliphatic rings. The van der Waals surface area contributed by atoms with Gasteiger partial charge in [-0.2, -0.15) is 5.26 Å². The van der Waals surface area contributed by atoms with Crippen LogP contribution in [-0.4, -0.2) is 11.8 Å². The maximum absolute atomic E-state index is 11.4. The predicted octanol–water partition coefficient (Wildman–Crippen LogP) is 1.54. The van der Waals surface area contributed by atoms with Gasteiger partial charge in [0.1, 0.15) is 5.84 Å². The molecule has 0 spiro atoms. The fourth-order valence-corrected chi connectivity index (χ4v) is 1.06. The second kappa shape index (κ2) is 7.80. The first-order chi connectivity index (χ1) is 7.11. The van der Waals surface area contributed by atoms with Crippen molar-refractivity contribution in [3.8, 4) is 6.07 Å². The fraction of sp³-hybridized carbons (Fsp3) is 0.700. The number of carbonyl (C=O) groups is 1. The molecule has 0 heterocycles. The second-order valence-corrected chi connectivity index (χ2v) is 3.34. The minimum Gasteiger partial charge on any atom is -0.385 e. The zero-order valence-corrected chi connectivity index (χ0v) is 9.19. The topological polar surface area (TPSA) is 88.5 Å². The number of oxime groups is 1. The molecule has 0 aliphatic heterocycles. The van der Waals surface area contributed by atoms with E-state index < -0.39 is 11.9 Å². The van der Waals surface area contributed by atoms with Gasteiger partial charge in [0.15, 0.2) is 0 Å². The van der Waals surface area contributed by atoms with Crippen molar-refractivity contribution < 1.29 is 9.63 Å². The molecule has 0 aromatic carbocycles. The van der Waals surface area contributed by atoms with Gasteiger partial charge in [-0.15, -0.1) is 0 Å². The molecule has 5 heteroatoms. The molecule has 15 heavy (non-hydrogen) atoms. The average Bonchev–Trinajstić information content (AvgIpc) is 2.20. The van der Waals surface area contributed by atoms with Crippen LogP contribution in [0.3, 0.4) is 0 Å². The highest BCUT2D eigenvalue weighted by atomic mass is 16.7. The molecule has 0 aromatic rings. The first-order valence-corrected chi connectivity index (χ1v) is 4.99. The molecular formula is C10H17N3O2. The van der Waals surface area contributed by atoms with Gasteiger partial charge in [0.2, 0.25) is 0 Å². The number of amidine groups is 1. The summed E-state index contributed by atoms with van der Waals surface area (Å²) in [7, 11) is 0. The quantitative estimate of drug-likeness (QED) is 0.312. The van der Waals surface area contributed by atoms with Gasteiger partial charge in [0.25, 0.3) is 0 Å². The van der Waals surface area contributed by atoms with E-state index in [0.29, 0.717) is 6.42 Å². The van der Waals surface area contributed by atoms with Crippen molar-refractivity contribution >= 4 is 11.8 Å². The highest BCUT2D eigenvalue weighted by Gasteiger charge is 2.19. The van der Waals surface area contributed by atoms with Crippen LogP contribution in [0, 0.1) is 17.2 Å². The lowest BCUT2D eigenvalue weighted by atomic mass is 10.00. The summed E-state index contributed by atoms with van der Waals surface area (Å²) >= 11 is 0. The Hall–Kier alpha value is -1.57. The molecule has 0 rings (SSSR count). The molecule has 1 unspecified atom stereocenters. The van der Waals surface area contributed by atoms with Crippen LogP contribution < -0.4 is 5.73 Å². The number of unbranched alkanes of at least 4 members (excludes halogenated alkanes) is 1. The second-order valence-electron chi connectivity index (χ2n) is 3.34. The van der Waals surface area contributed by atoms with Crippen LogP contribution in [-0.2, 0) is 9.63 Å². The largest absolute Gasteiger partial charge is 0.385 e. The third-order valence-electron chi connectivity index (χ3n) is 1.86. The molecule has 0 bridgehead atoms. The Bertz CT molecular complexity index is 264. The fourth-order valence-electron chi connectivity index (χ4n) is 1.06. The van der Waals surface area contributed by atoms with Gasteiger partial charge >= 0.3 is 5.97 Å². The first kappa shape index (κ1) is 13.4. The van der Waals surface area contributed by atoms with Gasteiger partial charge in [0.05, 0.1) is 12.0 Å². The summed E-state index contributed by atoms with van der Waals surface area (Å²) in [6.45, 7) is 3.55. The number of hydrogen-bond donors (Lipinski definition) is 1. The van der Waals surface area contributed by atoms with Gasteiger partial charge in [-0.3, -0.25) is 0 Å². The van der Waals surface area contributed by atoms with Crippen molar-refractivity contribution in [1.29, 1.82) is 5.26 Å². The van der Waals surface area contributed by atoms with Crippen LogP contribution in [0.5, 0.6) is 0 Å². The summed E-state index contributed by atoms with van der Waals surface area (Å²) in [5, 5.41) is 11.9. The molecule has 0 radical (unpaired) electrons. The van der Waals surface area contributed by atoms with Crippen LogP contribution in [0.25, 0.3) is 0 Å². The van der Waals surface area contributed by atoms with Crippen molar-refractivity contribution in [1.82, 2.24) is 0 Å². The summed E-state index contributed by atoms with van der Waals surface area (Å²) in [5.74, 6) is -0.678. The molecule has 2 N–H and O–H groups in total. The standard InChI is InChI=1S/C10H17N3O2/c1-3-4-5-9(6-7-11)10(14)15-13-8(2)12/h9H,3-6H2,1-2H3,(H2,12,13). The highest BCUT2D eigenvalue weighted by Crippen LogP contribution is 2.14. The molecule has 5 nitrogen and oxygen atoms in total. The highest BCUT2D eigenvalue weighted by molar-refractivity contribution is 5.79. The molecule has 84 valence electrons. The zero-order chi connectivity index (χ0) is 11.7. The van der Waals surface area contributed by atoms with E-state index >= 15 is 0 Å². The number of rotatable bonds is 6. The van der Waals surface area contributed by atoms with E-state index in [-0.39, 0.29) is 12.3 Å². The number of hydrogen-bond acceptors (Lipinski definition) is 4. The molecule has 0 aliphatic carbocycles. The van der Waals surface area contributed by atoms with E-state index in [1.165, 1.54) is 6.92 Å². The van der Waals surface area contributed by atoms with E-state index in [4.69, 9.17) is 11.0 Å². The van der Waals surface area contributed by atoms with Crippen LogP contribution in [0.15, 0.2) is 5.16 Å². The van der Waals surface area contributed by atoms with Crippen LogP contribution in [0.2, 0.25) is 0 Å². The molecule has 0 saturated carbocycles. The van der Waals surface area contributed by atoms with Gasteiger partial charge in [-0.1, -0.05) is 24.9 Å². The van der Waals surface area contributed by atoms with Crippen molar-refractivity contribution in [2.24, 2.45) is 16.8 Å². The Morgan fingerprint density at radius 3 is 2.80 bits per heavy atom. The van der Waals surface area contributed by atoms with E-state index in [2.05, 4.69) is 9.99 Å². The maximum Gasteiger partial charge on any atom is 0.339 e. The molecule has 0 amide bonds. The summed E-state index contributed by atoms with van der Waals surface area (Å²) < 4.78 is 0. The Morgan fingerprint density at radius 1 is 1.67 bits per heavy atom. The third-order valence-corrected chi connectivity index (χ3v) is 1.86. The SMILES string of the molecule is CCCCC(CC#N)C(=O)ON=C(C)N. The van der Waals surface area contributed by atoms with Gasteiger partial charge in [-0.25, -0.2) is 4.79 Å². The van der Waals surface area contributed by atoms with Crippen LogP contribution in [0.4, 0.5) is 0 Å². The van der Waals surface area contributed by atoms with Crippen molar-refractivity contribution in [2.45, 2.75) is 39.5 Å². The maximum atomic E-state index is 11.4. The first-order valence-electron chi connectivity index (χ1n) is 4.99. The van der Waals surface area contributed by atoms with Crippen molar-refractivity contribution in [3.05, 3.63) is 0 Å². The minimum atomic E-state index is -0.477. The minimum absolute atomic E-state index is 0.165. The molecule has 0 fully saturated rings. The monoisotopic (exact) mass is 211 g/mol.